The number of rotatable bonds is 5. The van der Waals surface area contributed by atoms with Gasteiger partial charge in [0.2, 0.25) is 5.13 Å². The molecule has 2 heterocycles. The molecule has 0 N–H and O–H groups in total. The van der Waals surface area contributed by atoms with Crippen LogP contribution in [-0.4, -0.2) is 15.6 Å². The van der Waals surface area contributed by atoms with Gasteiger partial charge in [0.25, 0.3) is 5.69 Å². The van der Waals surface area contributed by atoms with Crippen LogP contribution in [0.15, 0.2) is 83.3 Å². The molecule has 0 amide bonds. The van der Waals surface area contributed by atoms with Gasteiger partial charge in [0.05, 0.1) is 22.4 Å². The maximum atomic E-state index is 13.5. The molecule has 3 aromatic carbocycles. The van der Waals surface area contributed by atoms with Crippen LogP contribution in [0.3, 0.4) is 0 Å². The molecule has 1 atom stereocenters. The summed E-state index contributed by atoms with van der Waals surface area (Å²) in [5.41, 5.74) is 3.62. The largest absolute Gasteiger partial charge is 0.270 e. The second kappa shape index (κ2) is 9.78. The maximum absolute atomic E-state index is 13.5. The van der Waals surface area contributed by atoms with Gasteiger partial charge in [0, 0.05) is 35.1 Å². The average molecular weight is 543 g/mol. The van der Waals surface area contributed by atoms with Crippen molar-refractivity contribution in [1.29, 1.82) is 0 Å². The monoisotopic (exact) mass is 542 g/mol. The second-order valence-electron chi connectivity index (χ2n) is 7.49. The Morgan fingerprint density at radius 1 is 0.971 bits per heavy atom. The van der Waals surface area contributed by atoms with Crippen molar-refractivity contribution < 1.29 is 13.7 Å². The van der Waals surface area contributed by atoms with E-state index in [1.54, 1.807) is 41.4 Å². The predicted octanol–water partition coefficient (Wildman–Crippen LogP) is 6.93. The van der Waals surface area contributed by atoms with Gasteiger partial charge in [0.15, 0.2) is 0 Å². The van der Waals surface area contributed by atoms with Gasteiger partial charge in [-0.1, -0.05) is 24.3 Å². The van der Waals surface area contributed by atoms with Crippen molar-refractivity contribution in [3.8, 4) is 11.3 Å². The number of nitro groups is 1. The van der Waals surface area contributed by atoms with E-state index in [1.165, 1.54) is 47.7 Å². The molecule has 0 aliphatic carbocycles. The number of thiazole rings is 1. The van der Waals surface area contributed by atoms with Crippen molar-refractivity contribution in [3.05, 3.63) is 111 Å². The molecule has 6 nitrogen and oxygen atoms in total. The molecule has 0 saturated carbocycles. The summed E-state index contributed by atoms with van der Waals surface area (Å²) in [6.45, 7) is 0. The molecule has 172 valence electrons. The maximum Gasteiger partial charge on any atom is 0.270 e. The van der Waals surface area contributed by atoms with Crippen LogP contribution in [0.25, 0.3) is 11.3 Å². The van der Waals surface area contributed by atoms with Crippen LogP contribution in [0, 0.1) is 21.7 Å². The van der Waals surface area contributed by atoms with Gasteiger partial charge in [-0.3, -0.25) is 10.1 Å². The highest BCUT2D eigenvalue weighted by molar-refractivity contribution is 8.93. The molecule has 0 spiro atoms. The summed E-state index contributed by atoms with van der Waals surface area (Å²) in [5.74, 6) is -0.660. The zero-order valence-corrected chi connectivity index (χ0v) is 20.0. The van der Waals surface area contributed by atoms with Gasteiger partial charge in [-0.2, -0.15) is 5.10 Å². The summed E-state index contributed by atoms with van der Waals surface area (Å²) in [7, 11) is 0. The lowest BCUT2D eigenvalue weighted by Gasteiger charge is -2.21. The third-order valence-electron chi connectivity index (χ3n) is 5.38. The van der Waals surface area contributed by atoms with E-state index in [2.05, 4.69) is 0 Å². The zero-order chi connectivity index (χ0) is 22.9. The minimum absolute atomic E-state index is 0. The Balaban J connectivity index is 0.00000274. The quantitative estimate of drug-likeness (QED) is 0.202. The van der Waals surface area contributed by atoms with E-state index in [0.29, 0.717) is 28.5 Å². The van der Waals surface area contributed by atoms with E-state index in [1.807, 2.05) is 5.38 Å². The lowest BCUT2D eigenvalue weighted by Crippen LogP contribution is -2.18. The zero-order valence-electron chi connectivity index (χ0n) is 17.5. The molecule has 10 heteroatoms. The molecule has 1 unspecified atom stereocenters. The Morgan fingerprint density at radius 3 is 2.32 bits per heavy atom. The first-order valence-electron chi connectivity index (χ1n) is 10.1. The van der Waals surface area contributed by atoms with Gasteiger partial charge >= 0.3 is 0 Å². The number of halogens is 3. The average Bonchev–Trinajstić information content (AvgIpc) is 3.48. The molecule has 0 bridgehead atoms. The van der Waals surface area contributed by atoms with Crippen molar-refractivity contribution in [2.75, 3.05) is 5.01 Å². The first kappa shape index (κ1) is 23.7. The van der Waals surface area contributed by atoms with Crippen LogP contribution in [-0.2, 0) is 0 Å². The molecule has 4 aromatic rings. The van der Waals surface area contributed by atoms with Crippen molar-refractivity contribution in [1.82, 2.24) is 4.98 Å². The molecular weight excluding hydrogens is 526 g/mol. The first-order chi connectivity index (χ1) is 16.0. The second-order valence-corrected chi connectivity index (χ2v) is 8.33. The number of nitrogens with zero attached hydrogens (tertiary/aromatic N) is 4. The van der Waals surface area contributed by atoms with Crippen LogP contribution in [0.5, 0.6) is 0 Å². The molecule has 1 aliphatic heterocycles. The van der Waals surface area contributed by atoms with Gasteiger partial charge in [-0.25, -0.2) is 18.8 Å². The van der Waals surface area contributed by atoms with E-state index in [-0.39, 0.29) is 40.3 Å². The van der Waals surface area contributed by atoms with Crippen molar-refractivity contribution >= 4 is 44.8 Å². The number of non-ortho nitro benzene ring substituents is 1. The summed E-state index contributed by atoms with van der Waals surface area (Å²) < 4.78 is 26.8. The standard InChI is InChI=1S/C24H16F2N4O2S.BrH/c25-18-8-4-15(5-9-18)22-14-33-24(27-22)29-23(16-6-10-19(26)11-7-16)13-21(28-29)17-2-1-3-20(12-17)30(31)32;/h1-12,14,23H,13H2;1H. The fourth-order valence-electron chi connectivity index (χ4n) is 3.73. The van der Waals surface area contributed by atoms with E-state index < -0.39 is 4.92 Å². The highest BCUT2D eigenvalue weighted by atomic mass is 79.9. The normalized spacial score (nSPS) is 15.1. The third-order valence-corrected chi connectivity index (χ3v) is 6.21. The minimum Gasteiger partial charge on any atom is -0.258 e. The molecule has 5 rings (SSSR count). The van der Waals surface area contributed by atoms with Gasteiger partial charge < -0.3 is 0 Å². The number of nitro benzene ring substituents is 1. The van der Waals surface area contributed by atoms with Crippen LogP contribution in [0.1, 0.15) is 23.6 Å². The number of hydrogen-bond acceptors (Lipinski definition) is 6. The van der Waals surface area contributed by atoms with Crippen LogP contribution in [0.4, 0.5) is 19.6 Å². The molecule has 0 saturated heterocycles. The lowest BCUT2D eigenvalue weighted by atomic mass is 9.98. The van der Waals surface area contributed by atoms with Crippen molar-refractivity contribution in [2.24, 2.45) is 5.10 Å². The highest BCUT2D eigenvalue weighted by Crippen LogP contribution is 2.39. The summed E-state index contributed by atoms with van der Waals surface area (Å²) >= 11 is 1.38. The fourth-order valence-corrected chi connectivity index (χ4v) is 4.56. The van der Waals surface area contributed by atoms with Crippen LogP contribution < -0.4 is 5.01 Å². The Labute approximate surface area is 208 Å². The number of aromatic nitrogens is 1. The summed E-state index contributed by atoms with van der Waals surface area (Å²) in [4.78, 5) is 15.5. The fraction of sp³-hybridized carbons (Fsp3) is 0.0833. The Hall–Kier alpha value is -3.50. The van der Waals surface area contributed by atoms with Gasteiger partial charge in [-0.15, -0.1) is 28.3 Å². The summed E-state index contributed by atoms with van der Waals surface area (Å²) in [5, 5.41) is 20.2. The summed E-state index contributed by atoms with van der Waals surface area (Å²) in [6, 6.07) is 18.3. The molecule has 0 radical (unpaired) electrons. The van der Waals surface area contributed by atoms with Gasteiger partial charge in [-0.05, 0) is 42.0 Å². The van der Waals surface area contributed by atoms with E-state index in [0.717, 1.165) is 11.1 Å². The molecule has 1 aliphatic rings. The molecule has 0 fully saturated rings. The molecule has 34 heavy (non-hydrogen) atoms. The number of anilines is 1. The highest BCUT2D eigenvalue weighted by Gasteiger charge is 2.32. The lowest BCUT2D eigenvalue weighted by molar-refractivity contribution is -0.384. The van der Waals surface area contributed by atoms with Crippen LogP contribution >= 0.6 is 28.3 Å². The van der Waals surface area contributed by atoms with Crippen molar-refractivity contribution in [2.45, 2.75) is 12.5 Å². The number of hydrogen-bond donors (Lipinski definition) is 0. The summed E-state index contributed by atoms with van der Waals surface area (Å²) in [6.07, 6.45) is 0.470. The number of benzene rings is 3. The van der Waals surface area contributed by atoms with Crippen LogP contribution in [0.2, 0.25) is 0 Å². The third kappa shape index (κ3) is 4.73. The SMILES string of the molecule is Br.O=[N+]([O-])c1cccc(C2=NN(c3nc(-c4ccc(F)cc4)cs3)C(c3ccc(F)cc3)C2)c1. The minimum atomic E-state index is -0.440. The molecule has 1 aromatic heterocycles. The first-order valence-corrected chi connectivity index (χ1v) is 10.9. The molecular formula is C24H17BrF2N4O2S. The van der Waals surface area contributed by atoms with E-state index in [9.17, 15) is 18.9 Å². The van der Waals surface area contributed by atoms with E-state index in [4.69, 9.17) is 10.1 Å². The van der Waals surface area contributed by atoms with Gasteiger partial charge in [0.1, 0.15) is 11.6 Å². The predicted molar refractivity (Wildman–Crippen MR) is 134 cm³/mol. The Morgan fingerprint density at radius 2 is 1.65 bits per heavy atom. The number of hydrazone groups is 1. The van der Waals surface area contributed by atoms with Crippen molar-refractivity contribution in [3.63, 3.8) is 0 Å². The van der Waals surface area contributed by atoms with E-state index >= 15 is 0 Å². The smallest absolute Gasteiger partial charge is 0.258 e. The topological polar surface area (TPSA) is 71.6 Å². The Kier molecular flexibility index (Phi) is 6.80. The Bertz CT molecular complexity index is 1360.